The Balaban J connectivity index is 2.71. The number of piperidine rings is 1. The van der Waals surface area contributed by atoms with E-state index < -0.39 is 15.3 Å². The van der Waals surface area contributed by atoms with E-state index >= 15 is 0 Å². The number of nitriles is 1. The molecule has 1 aliphatic rings. The van der Waals surface area contributed by atoms with E-state index in [4.69, 9.17) is 5.26 Å². The van der Waals surface area contributed by atoms with E-state index in [1.807, 2.05) is 0 Å². The van der Waals surface area contributed by atoms with Gasteiger partial charge >= 0.3 is 0 Å². The fourth-order valence-electron chi connectivity index (χ4n) is 1.53. The van der Waals surface area contributed by atoms with Crippen molar-refractivity contribution < 1.29 is 8.42 Å². The van der Waals surface area contributed by atoms with E-state index in [9.17, 15) is 8.42 Å². The average molecular weight is 216 g/mol. The monoisotopic (exact) mass is 216 g/mol. The Labute approximate surface area is 85.6 Å². The molecule has 1 saturated heterocycles. The van der Waals surface area contributed by atoms with Crippen LogP contribution >= 0.6 is 0 Å². The van der Waals surface area contributed by atoms with Crippen molar-refractivity contribution in [2.75, 3.05) is 13.1 Å². The van der Waals surface area contributed by atoms with E-state index in [0.717, 1.165) is 12.8 Å². The number of hydrogen-bond donors (Lipinski definition) is 0. The first-order valence-electron chi connectivity index (χ1n) is 4.87. The van der Waals surface area contributed by atoms with Gasteiger partial charge in [0.25, 0.3) is 0 Å². The van der Waals surface area contributed by atoms with Crippen molar-refractivity contribution in [2.45, 2.75) is 31.9 Å². The SMILES string of the molecule is CC1CCN(S(=O)(=O)C(C)C#N)CC1. The molecule has 5 heteroatoms. The van der Waals surface area contributed by atoms with Crippen LogP contribution in [-0.2, 0) is 10.0 Å². The van der Waals surface area contributed by atoms with Gasteiger partial charge in [-0.3, -0.25) is 0 Å². The molecular formula is C9H16N2O2S. The Kier molecular flexibility index (Phi) is 3.51. The highest BCUT2D eigenvalue weighted by molar-refractivity contribution is 7.89. The van der Waals surface area contributed by atoms with E-state index in [1.165, 1.54) is 11.2 Å². The topological polar surface area (TPSA) is 61.2 Å². The Hall–Kier alpha value is -0.600. The molecule has 1 unspecified atom stereocenters. The number of nitrogens with zero attached hydrogens (tertiary/aromatic N) is 2. The number of sulfonamides is 1. The molecule has 0 aromatic rings. The molecule has 0 aromatic carbocycles. The maximum atomic E-state index is 11.7. The molecule has 0 bridgehead atoms. The lowest BCUT2D eigenvalue weighted by atomic mass is 10.0. The summed E-state index contributed by atoms with van der Waals surface area (Å²) in [5.41, 5.74) is 0. The van der Waals surface area contributed by atoms with Crippen molar-refractivity contribution >= 4 is 10.0 Å². The molecule has 0 aromatic heterocycles. The minimum atomic E-state index is -3.36. The highest BCUT2D eigenvalue weighted by Gasteiger charge is 2.30. The van der Waals surface area contributed by atoms with Crippen LogP contribution in [0.3, 0.4) is 0 Å². The third-order valence-electron chi connectivity index (χ3n) is 2.73. The van der Waals surface area contributed by atoms with E-state index in [-0.39, 0.29) is 0 Å². The van der Waals surface area contributed by atoms with Crippen molar-refractivity contribution in [3.05, 3.63) is 0 Å². The zero-order valence-corrected chi connectivity index (χ0v) is 9.42. The zero-order chi connectivity index (χ0) is 10.8. The van der Waals surface area contributed by atoms with Gasteiger partial charge in [-0.05, 0) is 25.7 Å². The van der Waals surface area contributed by atoms with Gasteiger partial charge in [0.2, 0.25) is 10.0 Å². The van der Waals surface area contributed by atoms with Gasteiger partial charge < -0.3 is 0 Å². The first-order valence-corrected chi connectivity index (χ1v) is 6.37. The van der Waals surface area contributed by atoms with Gasteiger partial charge in [0.15, 0.2) is 5.25 Å². The molecule has 1 heterocycles. The molecule has 0 amide bonds. The first kappa shape index (κ1) is 11.5. The van der Waals surface area contributed by atoms with Crippen LogP contribution in [0.2, 0.25) is 0 Å². The first-order chi connectivity index (χ1) is 6.48. The Morgan fingerprint density at radius 2 is 1.93 bits per heavy atom. The molecule has 80 valence electrons. The maximum absolute atomic E-state index is 11.7. The predicted octanol–water partition coefficient (Wildman–Crippen LogP) is 0.960. The van der Waals surface area contributed by atoms with E-state index in [0.29, 0.717) is 19.0 Å². The summed E-state index contributed by atoms with van der Waals surface area (Å²) in [6.07, 6.45) is 1.80. The number of rotatable bonds is 2. The van der Waals surface area contributed by atoms with Crippen molar-refractivity contribution in [3.8, 4) is 6.07 Å². The lowest BCUT2D eigenvalue weighted by Gasteiger charge is -2.30. The Morgan fingerprint density at radius 3 is 2.36 bits per heavy atom. The smallest absolute Gasteiger partial charge is 0.211 e. The molecule has 4 nitrogen and oxygen atoms in total. The molecule has 1 atom stereocenters. The summed E-state index contributed by atoms with van der Waals surface area (Å²) >= 11 is 0. The van der Waals surface area contributed by atoms with Crippen LogP contribution in [0.15, 0.2) is 0 Å². The van der Waals surface area contributed by atoms with E-state index in [1.54, 1.807) is 6.07 Å². The van der Waals surface area contributed by atoms with Crippen LogP contribution in [0.5, 0.6) is 0 Å². The predicted molar refractivity (Wildman–Crippen MR) is 54.0 cm³/mol. The van der Waals surface area contributed by atoms with Crippen molar-refractivity contribution in [3.63, 3.8) is 0 Å². The summed E-state index contributed by atoms with van der Waals surface area (Å²) in [6, 6.07) is 1.78. The third-order valence-corrected chi connectivity index (χ3v) is 4.81. The Morgan fingerprint density at radius 1 is 1.43 bits per heavy atom. The summed E-state index contributed by atoms with van der Waals surface area (Å²) in [4.78, 5) is 0. The van der Waals surface area contributed by atoms with E-state index in [2.05, 4.69) is 6.92 Å². The summed E-state index contributed by atoms with van der Waals surface area (Å²) in [7, 11) is -3.36. The van der Waals surface area contributed by atoms with Gasteiger partial charge in [0.1, 0.15) is 0 Å². The van der Waals surface area contributed by atoms with Gasteiger partial charge in [-0.15, -0.1) is 0 Å². The van der Waals surface area contributed by atoms with Crippen molar-refractivity contribution in [1.29, 1.82) is 5.26 Å². The molecule has 0 aliphatic carbocycles. The summed E-state index contributed by atoms with van der Waals surface area (Å²) < 4.78 is 24.9. The molecule has 1 aliphatic heterocycles. The minimum absolute atomic E-state index is 0.565. The highest BCUT2D eigenvalue weighted by atomic mass is 32.2. The largest absolute Gasteiger partial charge is 0.230 e. The summed E-state index contributed by atoms with van der Waals surface area (Å²) in [6.45, 7) is 4.69. The molecule has 14 heavy (non-hydrogen) atoms. The van der Waals surface area contributed by atoms with Gasteiger partial charge in [0.05, 0.1) is 6.07 Å². The van der Waals surface area contributed by atoms with Crippen LogP contribution in [-0.4, -0.2) is 31.1 Å². The molecule has 0 spiro atoms. The third kappa shape index (κ3) is 2.25. The van der Waals surface area contributed by atoms with Crippen LogP contribution in [0, 0.1) is 17.2 Å². The Bertz CT molecular complexity index is 323. The van der Waals surface area contributed by atoms with Crippen LogP contribution in [0.1, 0.15) is 26.7 Å². The lowest BCUT2D eigenvalue weighted by molar-refractivity contribution is 0.287. The molecule has 1 fully saturated rings. The van der Waals surface area contributed by atoms with Crippen LogP contribution < -0.4 is 0 Å². The standard InChI is InChI=1S/C9H16N2O2S/c1-8-3-5-11(6-4-8)14(12,13)9(2)7-10/h8-9H,3-6H2,1-2H3. The van der Waals surface area contributed by atoms with Gasteiger partial charge in [-0.2, -0.15) is 5.26 Å². The second-order valence-corrected chi connectivity index (χ2v) is 6.15. The lowest BCUT2D eigenvalue weighted by Crippen LogP contribution is -2.41. The fraction of sp³-hybridized carbons (Fsp3) is 0.889. The summed E-state index contributed by atoms with van der Waals surface area (Å²) in [5.74, 6) is 0.596. The van der Waals surface area contributed by atoms with Crippen molar-refractivity contribution in [2.24, 2.45) is 5.92 Å². The fourth-order valence-corrected chi connectivity index (χ4v) is 2.83. The second-order valence-electron chi connectivity index (χ2n) is 3.90. The van der Waals surface area contributed by atoms with Crippen molar-refractivity contribution in [1.82, 2.24) is 4.31 Å². The average Bonchev–Trinajstić information content (AvgIpc) is 2.17. The van der Waals surface area contributed by atoms with Crippen LogP contribution in [0.4, 0.5) is 0 Å². The molecule has 0 radical (unpaired) electrons. The van der Waals surface area contributed by atoms with Gasteiger partial charge in [-0.1, -0.05) is 6.92 Å². The summed E-state index contributed by atoms with van der Waals surface area (Å²) in [5, 5.41) is 7.68. The molecular weight excluding hydrogens is 200 g/mol. The molecule has 1 rings (SSSR count). The van der Waals surface area contributed by atoms with Gasteiger partial charge in [-0.25, -0.2) is 12.7 Å². The minimum Gasteiger partial charge on any atom is -0.211 e. The maximum Gasteiger partial charge on any atom is 0.230 e. The molecule has 0 saturated carbocycles. The number of hydrogen-bond acceptors (Lipinski definition) is 3. The van der Waals surface area contributed by atoms with Crippen LogP contribution in [0.25, 0.3) is 0 Å². The molecule has 0 N–H and O–H groups in total. The second kappa shape index (κ2) is 4.28. The quantitative estimate of drug-likeness (QED) is 0.690. The van der Waals surface area contributed by atoms with Gasteiger partial charge in [0, 0.05) is 13.1 Å². The zero-order valence-electron chi connectivity index (χ0n) is 8.60. The normalized spacial score (nSPS) is 22.9. The highest BCUT2D eigenvalue weighted by Crippen LogP contribution is 2.20.